The van der Waals surface area contributed by atoms with Gasteiger partial charge in [-0.3, -0.25) is 9.59 Å². The Bertz CT molecular complexity index is 700. The molecular weight excluding hydrogens is 344 g/mol. The Morgan fingerprint density at radius 2 is 1.96 bits per heavy atom. The van der Waals surface area contributed by atoms with E-state index in [1.165, 1.54) is 0 Å². The third-order valence-electron chi connectivity index (χ3n) is 5.12. The molecule has 0 radical (unpaired) electrons. The van der Waals surface area contributed by atoms with Crippen LogP contribution in [0.1, 0.15) is 36.2 Å². The normalized spacial score (nSPS) is 23.0. The molecule has 0 aromatic heterocycles. The summed E-state index contributed by atoms with van der Waals surface area (Å²) in [6.07, 6.45) is 0.495. The van der Waals surface area contributed by atoms with Crippen molar-refractivity contribution in [3.8, 4) is 0 Å². The fraction of sp³-hybridized carbons (Fsp3) is 0.600. The number of carbonyl (C=O) groups is 2. The lowest BCUT2D eigenvalue weighted by atomic mass is 10.1. The van der Waals surface area contributed by atoms with Crippen molar-refractivity contribution in [2.24, 2.45) is 5.73 Å². The van der Waals surface area contributed by atoms with Gasteiger partial charge in [0, 0.05) is 43.0 Å². The quantitative estimate of drug-likeness (QED) is 0.818. The number of ether oxygens (including phenoxy) is 1. The largest absolute Gasteiger partial charge is 0.378 e. The highest BCUT2D eigenvalue weighted by atomic mass is 16.5. The van der Waals surface area contributed by atoms with Crippen LogP contribution in [-0.4, -0.2) is 67.7 Å². The van der Waals surface area contributed by atoms with Crippen LogP contribution in [0.2, 0.25) is 0 Å². The van der Waals surface area contributed by atoms with Crippen LogP contribution in [0.25, 0.3) is 0 Å². The number of aryl methyl sites for hydroxylation is 1. The van der Waals surface area contributed by atoms with Gasteiger partial charge in [0.2, 0.25) is 5.91 Å². The lowest BCUT2D eigenvalue weighted by molar-refractivity contribution is -0.125. The number of anilines is 1. The SMILES string of the molecule is Cc1cc(C(=O)N2C[C@@H](N)C[C@H]2C(=O)NC(C)C)ccc1N1CCOCC1. The van der Waals surface area contributed by atoms with Crippen LogP contribution < -0.4 is 16.0 Å². The predicted molar refractivity (Wildman–Crippen MR) is 105 cm³/mol. The summed E-state index contributed by atoms with van der Waals surface area (Å²) in [6.45, 7) is 9.38. The van der Waals surface area contributed by atoms with Crippen LogP contribution in [0.4, 0.5) is 5.69 Å². The molecule has 2 amide bonds. The summed E-state index contributed by atoms with van der Waals surface area (Å²) in [5.41, 5.74) is 8.83. The van der Waals surface area contributed by atoms with Crippen LogP contribution >= 0.6 is 0 Å². The van der Waals surface area contributed by atoms with Crippen molar-refractivity contribution in [3.05, 3.63) is 29.3 Å². The summed E-state index contributed by atoms with van der Waals surface area (Å²) in [5.74, 6) is -0.267. The van der Waals surface area contributed by atoms with Crippen molar-refractivity contribution in [2.45, 2.75) is 45.3 Å². The maximum absolute atomic E-state index is 13.1. The minimum Gasteiger partial charge on any atom is -0.378 e. The number of hydrogen-bond donors (Lipinski definition) is 2. The zero-order valence-corrected chi connectivity index (χ0v) is 16.4. The zero-order chi connectivity index (χ0) is 19.6. The van der Waals surface area contributed by atoms with Gasteiger partial charge in [0.25, 0.3) is 5.91 Å². The summed E-state index contributed by atoms with van der Waals surface area (Å²) >= 11 is 0. The van der Waals surface area contributed by atoms with Crippen molar-refractivity contribution < 1.29 is 14.3 Å². The number of carbonyl (C=O) groups excluding carboxylic acids is 2. The minimum absolute atomic E-state index is 0.0290. The van der Waals surface area contributed by atoms with Crippen LogP contribution in [0.5, 0.6) is 0 Å². The van der Waals surface area contributed by atoms with E-state index in [1.807, 2.05) is 39.0 Å². The van der Waals surface area contributed by atoms with E-state index < -0.39 is 6.04 Å². The molecule has 1 aromatic carbocycles. The first kappa shape index (κ1) is 19.6. The van der Waals surface area contributed by atoms with E-state index in [2.05, 4.69) is 10.2 Å². The van der Waals surface area contributed by atoms with Gasteiger partial charge in [0.1, 0.15) is 6.04 Å². The molecule has 2 fully saturated rings. The topological polar surface area (TPSA) is 87.9 Å². The van der Waals surface area contributed by atoms with E-state index in [0.717, 1.165) is 37.6 Å². The van der Waals surface area contributed by atoms with E-state index in [-0.39, 0.29) is 23.9 Å². The molecule has 2 atom stereocenters. The molecule has 2 aliphatic heterocycles. The van der Waals surface area contributed by atoms with Crippen molar-refractivity contribution in [2.75, 3.05) is 37.7 Å². The van der Waals surface area contributed by atoms with Crippen LogP contribution in [-0.2, 0) is 9.53 Å². The molecule has 3 N–H and O–H groups in total. The van der Waals surface area contributed by atoms with Gasteiger partial charge >= 0.3 is 0 Å². The number of hydrogen-bond acceptors (Lipinski definition) is 5. The Morgan fingerprint density at radius 1 is 1.26 bits per heavy atom. The molecular formula is C20H30N4O3. The first-order valence-electron chi connectivity index (χ1n) is 9.67. The van der Waals surface area contributed by atoms with Gasteiger partial charge < -0.3 is 25.6 Å². The molecule has 1 aromatic rings. The van der Waals surface area contributed by atoms with Gasteiger partial charge in [-0.05, 0) is 51.0 Å². The highest BCUT2D eigenvalue weighted by molar-refractivity contribution is 5.98. The number of nitrogens with two attached hydrogens (primary N) is 1. The van der Waals surface area contributed by atoms with Gasteiger partial charge in [-0.25, -0.2) is 0 Å². The van der Waals surface area contributed by atoms with E-state index in [9.17, 15) is 9.59 Å². The van der Waals surface area contributed by atoms with Gasteiger partial charge in [-0.2, -0.15) is 0 Å². The average Bonchev–Trinajstić information content (AvgIpc) is 3.03. The number of rotatable bonds is 4. The van der Waals surface area contributed by atoms with Crippen molar-refractivity contribution in [1.82, 2.24) is 10.2 Å². The van der Waals surface area contributed by atoms with E-state index in [4.69, 9.17) is 10.5 Å². The molecule has 0 unspecified atom stereocenters. The third-order valence-corrected chi connectivity index (χ3v) is 5.12. The van der Waals surface area contributed by atoms with E-state index in [0.29, 0.717) is 18.5 Å². The Kier molecular flexibility index (Phi) is 6.01. The number of likely N-dealkylation sites (tertiary alicyclic amines) is 1. The Labute approximate surface area is 160 Å². The van der Waals surface area contributed by atoms with Gasteiger partial charge in [0.15, 0.2) is 0 Å². The first-order chi connectivity index (χ1) is 12.9. The summed E-state index contributed by atoms with van der Waals surface area (Å²) in [5, 5.41) is 2.90. The van der Waals surface area contributed by atoms with Gasteiger partial charge in [0.05, 0.1) is 13.2 Å². The van der Waals surface area contributed by atoms with Crippen molar-refractivity contribution >= 4 is 17.5 Å². The maximum atomic E-state index is 13.1. The second-order valence-corrected chi connectivity index (χ2v) is 7.73. The molecule has 3 rings (SSSR count). The molecule has 148 valence electrons. The Hall–Kier alpha value is -2.12. The Balaban J connectivity index is 1.77. The minimum atomic E-state index is -0.505. The fourth-order valence-electron chi connectivity index (χ4n) is 3.84. The smallest absolute Gasteiger partial charge is 0.254 e. The maximum Gasteiger partial charge on any atom is 0.254 e. The standard InChI is InChI=1S/C20H30N4O3/c1-13(2)22-19(25)18-11-16(21)12-24(18)20(26)15-4-5-17(14(3)10-15)23-6-8-27-9-7-23/h4-5,10,13,16,18H,6-9,11-12,21H2,1-3H3,(H,22,25)/t16-,18-/m0/s1. The average molecular weight is 374 g/mol. The zero-order valence-electron chi connectivity index (χ0n) is 16.4. The number of amides is 2. The first-order valence-corrected chi connectivity index (χ1v) is 9.67. The highest BCUT2D eigenvalue weighted by Crippen LogP contribution is 2.25. The number of morpholine rings is 1. The molecule has 7 heteroatoms. The lowest BCUT2D eigenvalue weighted by Gasteiger charge is -2.30. The second-order valence-electron chi connectivity index (χ2n) is 7.73. The Morgan fingerprint density at radius 3 is 2.59 bits per heavy atom. The molecule has 7 nitrogen and oxygen atoms in total. The van der Waals surface area contributed by atoms with Crippen molar-refractivity contribution in [1.29, 1.82) is 0 Å². The van der Waals surface area contributed by atoms with Crippen LogP contribution in [0.3, 0.4) is 0 Å². The molecule has 27 heavy (non-hydrogen) atoms. The van der Waals surface area contributed by atoms with Crippen LogP contribution in [0, 0.1) is 6.92 Å². The molecule has 2 saturated heterocycles. The summed E-state index contributed by atoms with van der Waals surface area (Å²) in [6, 6.07) is 5.10. The van der Waals surface area contributed by atoms with E-state index in [1.54, 1.807) is 4.90 Å². The summed E-state index contributed by atoms with van der Waals surface area (Å²) < 4.78 is 5.41. The lowest BCUT2D eigenvalue weighted by Crippen LogP contribution is -2.47. The second kappa shape index (κ2) is 8.27. The number of nitrogens with zero attached hydrogens (tertiary/aromatic N) is 2. The third kappa shape index (κ3) is 4.42. The molecule has 0 aliphatic carbocycles. The monoisotopic (exact) mass is 374 g/mol. The van der Waals surface area contributed by atoms with Gasteiger partial charge in [-0.1, -0.05) is 0 Å². The number of nitrogens with one attached hydrogen (secondary N) is 1. The van der Waals surface area contributed by atoms with E-state index >= 15 is 0 Å². The number of benzene rings is 1. The molecule has 0 saturated carbocycles. The van der Waals surface area contributed by atoms with Gasteiger partial charge in [-0.15, -0.1) is 0 Å². The highest BCUT2D eigenvalue weighted by Gasteiger charge is 2.38. The van der Waals surface area contributed by atoms with Crippen LogP contribution in [0.15, 0.2) is 18.2 Å². The molecule has 0 bridgehead atoms. The molecule has 0 spiro atoms. The fourth-order valence-corrected chi connectivity index (χ4v) is 3.84. The molecule has 2 heterocycles. The predicted octanol–water partition coefficient (Wildman–Crippen LogP) is 0.898. The molecule has 2 aliphatic rings. The van der Waals surface area contributed by atoms with Crippen molar-refractivity contribution in [3.63, 3.8) is 0 Å². The summed E-state index contributed by atoms with van der Waals surface area (Å²) in [7, 11) is 0. The summed E-state index contributed by atoms with van der Waals surface area (Å²) in [4.78, 5) is 29.5.